The van der Waals surface area contributed by atoms with Gasteiger partial charge in [0.15, 0.2) is 11.4 Å². The molecule has 3 aromatic carbocycles. The molecule has 0 spiro atoms. The number of aromatic nitrogens is 1. The van der Waals surface area contributed by atoms with E-state index in [4.69, 9.17) is 4.74 Å². The van der Waals surface area contributed by atoms with Gasteiger partial charge in [-0.2, -0.15) is 0 Å². The molecule has 5 rings (SSSR count). The summed E-state index contributed by atoms with van der Waals surface area (Å²) in [5.74, 6) is -1.31. The minimum atomic E-state index is -1.99. The lowest BCUT2D eigenvalue weighted by atomic mass is 9.82. The van der Waals surface area contributed by atoms with Crippen molar-refractivity contribution >= 4 is 23.2 Å². The second-order valence-electron chi connectivity index (χ2n) is 10.6. The molecule has 1 aliphatic rings. The normalized spacial score (nSPS) is 16.6. The third-order valence-electron chi connectivity index (χ3n) is 7.90. The number of aliphatic hydroxyl groups excluding tert-OH is 1. The van der Waals surface area contributed by atoms with E-state index >= 15 is 0 Å². The molecule has 2 amide bonds. The van der Waals surface area contributed by atoms with E-state index in [9.17, 15) is 24.6 Å². The zero-order valence-electron chi connectivity index (χ0n) is 24.7. The summed E-state index contributed by atoms with van der Waals surface area (Å²) in [7, 11) is 1.42. The van der Waals surface area contributed by atoms with Crippen LogP contribution in [0.5, 0.6) is 5.75 Å². The van der Waals surface area contributed by atoms with Crippen molar-refractivity contribution in [2.75, 3.05) is 25.2 Å². The van der Waals surface area contributed by atoms with E-state index in [1.807, 2.05) is 48.5 Å². The third-order valence-corrected chi connectivity index (χ3v) is 7.90. The highest BCUT2D eigenvalue weighted by molar-refractivity contribution is 6.12. The fraction of sp³-hybridized carbons (Fsp3) is 0.229. The zero-order valence-corrected chi connectivity index (χ0v) is 24.7. The molecule has 44 heavy (non-hydrogen) atoms. The van der Waals surface area contributed by atoms with Crippen LogP contribution < -0.4 is 15.2 Å². The predicted molar refractivity (Wildman–Crippen MR) is 168 cm³/mol. The number of nitrogens with zero attached hydrogens (tertiary/aromatic N) is 3. The van der Waals surface area contributed by atoms with Crippen molar-refractivity contribution in [2.45, 2.75) is 25.5 Å². The Kier molecular flexibility index (Phi) is 9.08. The number of carbonyl (C=O) groups excluding carboxylic acids is 2. The van der Waals surface area contributed by atoms with E-state index in [1.165, 1.54) is 16.6 Å². The molecular weight excluding hydrogens is 558 g/mol. The molecule has 0 saturated carbocycles. The van der Waals surface area contributed by atoms with Gasteiger partial charge in [-0.05, 0) is 48.0 Å². The fourth-order valence-corrected chi connectivity index (χ4v) is 5.53. The van der Waals surface area contributed by atoms with Gasteiger partial charge in [-0.1, -0.05) is 67.6 Å². The zero-order chi connectivity index (χ0) is 31.3. The number of fused-ring (bicyclic) bond motifs is 1. The van der Waals surface area contributed by atoms with E-state index in [1.54, 1.807) is 72.6 Å². The number of ether oxygens (including phenoxy) is 1. The average molecular weight is 594 g/mol. The van der Waals surface area contributed by atoms with Crippen LogP contribution in [0.3, 0.4) is 0 Å². The van der Waals surface area contributed by atoms with Crippen molar-refractivity contribution in [2.24, 2.45) is 5.92 Å². The van der Waals surface area contributed by atoms with E-state index in [0.29, 0.717) is 29.2 Å². The maximum absolute atomic E-state index is 14.1. The molecule has 0 saturated heterocycles. The number of carbonyl (C=O) groups is 2. The molecule has 1 aromatic heterocycles. The molecule has 2 atom stereocenters. The summed E-state index contributed by atoms with van der Waals surface area (Å²) in [6.45, 7) is 2.10. The van der Waals surface area contributed by atoms with Crippen molar-refractivity contribution in [3.63, 3.8) is 0 Å². The lowest BCUT2D eigenvalue weighted by Gasteiger charge is -2.28. The van der Waals surface area contributed by atoms with Gasteiger partial charge in [0.1, 0.15) is 0 Å². The van der Waals surface area contributed by atoms with Gasteiger partial charge < -0.3 is 19.8 Å². The van der Waals surface area contributed by atoms with Gasteiger partial charge in [0.05, 0.1) is 19.4 Å². The summed E-state index contributed by atoms with van der Waals surface area (Å²) in [6, 6.07) is 26.9. The first-order valence-corrected chi connectivity index (χ1v) is 14.4. The topological polar surface area (TPSA) is 112 Å². The van der Waals surface area contributed by atoms with Gasteiger partial charge in [-0.15, -0.1) is 0 Å². The van der Waals surface area contributed by atoms with E-state index in [2.05, 4.69) is 0 Å². The number of anilines is 2. The number of para-hydroxylation sites is 1. The first-order chi connectivity index (χ1) is 21.3. The van der Waals surface area contributed by atoms with Gasteiger partial charge in [0, 0.05) is 48.6 Å². The van der Waals surface area contributed by atoms with Crippen molar-refractivity contribution < 1.29 is 24.5 Å². The number of rotatable bonds is 11. The van der Waals surface area contributed by atoms with Crippen LogP contribution >= 0.6 is 0 Å². The molecule has 1 aliphatic heterocycles. The molecule has 2 heterocycles. The highest BCUT2D eigenvalue weighted by atomic mass is 16.5. The maximum atomic E-state index is 14.1. The van der Waals surface area contributed by atoms with Crippen LogP contribution in [0.15, 0.2) is 114 Å². The van der Waals surface area contributed by atoms with Crippen molar-refractivity contribution in [1.29, 1.82) is 0 Å². The number of amides is 2. The van der Waals surface area contributed by atoms with E-state index < -0.39 is 17.4 Å². The van der Waals surface area contributed by atoms with Crippen molar-refractivity contribution in [3.8, 4) is 11.4 Å². The smallest absolute Gasteiger partial charge is 0.297 e. The standard InChI is InChI=1S/C35H35N3O6/c1-25(11-9-17-32(40)36(21-22-39)24-26-12-5-3-6-13-26)35(43)29-23-28(37-20-10-16-31(44-2)33(37)41)18-19-30(29)38(34(35)42)27-14-7-4-8-15-27/h3-16,18-20,23,25,39,43H,17,21-22,24H2,1-2H3/b11-9+/t25-,35+/m1/s1. The first kappa shape index (κ1) is 30.5. The summed E-state index contributed by atoms with van der Waals surface area (Å²) in [6.07, 6.45) is 4.93. The number of benzene rings is 3. The molecule has 226 valence electrons. The highest BCUT2D eigenvalue weighted by Crippen LogP contribution is 2.48. The summed E-state index contributed by atoms with van der Waals surface area (Å²) in [5.41, 5.74) is 0.467. The van der Waals surface area contributed by atoms with Crippen LogP contribution in [0.2, 0.25) is 0 Å². The summed E-state index contributed by atoms with van der Waals surface area (Å²) in [4.78, 5) is 43.2. The van der Waals surface area contributed by atoms with Gasteiger partial charge in [0.2, 0.25) is 5.91 Å². The maximum Gasteiger partial charge on any atom is 0.297 e. The number of aliphatic hydroxyl groups is 2. The van der Waals surface area contributed by atoms with Crippen LogP contribution in [0, 0.1) is 5.92 Å². The summed E-state index contributed by atoms with van der Waals surface area (Å²) in [5, 5.41) is 21.8. The number of hydrogen-bond acceptors (Lipinski definition) is 6. The SMILES string of the molecule is COc1cccn(-c2ccc3c(c2)[C@@](O)([C@H](C)/C=C/CC(=O)N(CCO)Cc2ccccc2)C(=O)N3c2ccccc2)c1=O. The van der Waals surface area contributed by atoms with Crippen molar-refractivity contribution in [3.05, 3.63) is 131 Å². The van der Waals surface area contributed by atoms with Crippen LogP contribution in [0.1, 0.15) is 24.5 Å². The molecule has 9 nitrogen and oxygen atoms in total. The molecule has 0 fully saturated rings. The Bertz CT molecular complexity index is 1720. The van der Waals surface area contributed by atoms with Gasteiger partial charge in [0.25, 0.3) is 11.5 Å². The number of hydrogen-bond donors (Lipinski definition) is 2. The minimum absolute atomic E-state index is 0.0238. The lowest BCUT2D eigenvalue weighted by Crippen LogP contribution is -2.42. The second kappa shape index (κ2) is 13.1. The van der Waals surface area contributed by atoms with Gasteiger partial charge in [-0.3, -0.25) is 23.9 Å². The number of pyridine rings is 1. The lowest BCUT2D eigenvalue weighted by molar-refractivity contribution is -0.138. The van der Waals surface area contributed by atoms with E-state index in [0.717, 1.165) is 5.56 Å². The summed E-state index contributed by atoms with van der Waals surface area (Å²) < 4.78 is 6.60. The third kappa shape index (κ3) is 5.79. The van der Waals surface area contributed by atoms with E-state index in [-0.39, 0.29) is 36.8 Å². The highest BCUT2D eigenvalue weighted by Gasteiger charge is 2.53. The monoisotopic (exact) mass is 593 g/mol. The quantitative estimate of drug-likeness (QED) is 0.251. The van der Waals surface area contributed by atoms with Gasteiger partial charge >= 0.3 is 0 Å². The largest absolute Gasteiger partial charge is 0.491 e. The molecule has 0 unspecified atom stereocenters. The molecule has 0 radical (unpaired) electrons. The Balaban J connectivity index is 1.47. The van der Waals surface area contributed by atoms with Gasteiger partial charge in [-0.25, -0.2) is 0 Å². The molecular formula is C35H35N3O6. The average Bonchev–Trinajstić information content (AvgIpc) is 3.28. The Morgan fingerprint density at radius 1 is 0.977 bits per heavy atom. The van der Waals surface area contributed by atoms with Crippen LogP contribution in [0.4, 0.5) is 11.4 Å². The summed E-state index contributed by atoms with van der Waals surface area (Å²) >= 11 is 0. The molecule has 2 N–H and O–H groups in total. The molecule has 0 bridgehead atoms. The molecule has 0 aliphatic carbocycles. The Morgan fingerprint density at radius 3 is 2.36 bits per heavy atom. The van der Waals surface area contributed by atoms with Crippen LogP contribution in [0.25, 0.3) is 5.69 Å². The Morgan fingerprint density at radius 2 is 1.68 bits per heavy atom. The Labute approximate surface area is 255 Å². The Hall–Kier alpha value is -4.99. The predicted octanol–water partition coefficient (Wildman–Crippen LogP) is 4.32. The minimum Gasteiger partial charge on any atom is -0.491 e. The van der Waals surface area contributed by atoms with Crippen molar-refractivity contribution in [1.82, 2.24) is 9.47 Å². The number of methoxy groups -OCH3 is 1. The molecule has 9 heteroatoms. The molecule has 4 aromatic rings. The second-order valence-corrected chi connectivity index (χ2v) is 10.6. The van der Waals surface area contributed by atoms with Crippen LogP contribution in [-0.2, 0) is 21.7 Å². The fourth-order valence-electron chi connectivity index (χ4n) is 5.53. The first-order valence-electron chi connectivity index (χ1n) is 14.4. The van der Waals surface area contributed by atoms with Crippen LogP contribution in [-0.4, -0.2) is 51.8 Å².